The summed E-state index contributed by atoms with van der Waals surface area (Å²) in [7, 11) is 0. The normalized spacial score (nSPS) is 33.0. The first-order chi connectivity index (χ1) is 6.94. The second kappa shape index (κ2) is 3.20. The number of fused-ring (bicyclic) bond motifs is 1. The van der Waals surface area contributed by atoms with Crippen LogP contribution in [0, 0.1) is 11.3 Å². The molecule has 0 heterocycles. The minimum atomic E-state index is -0.809. The summed E-state index contributed by atoms with van der Waals surface area (Å²) in [5, 5.41) is 9.13. The van der Waals surface area contributed by atoms with E-state index in [1.165, 1.54) is 5.57 Å². The van der Waals surface area contributed by atoms with E-state index in [0.29, 0.717) is 11.5 Å². The van der Waals surface area contributed by atoms with Gasteiger partial charge in [0.05, 0.1) is 0 Å². The van der Waals surface area contributed by atoms with Crippen LogP contribution >= 0.6 is 0 Å². The van der Waals surface area contributed by atoms with Gasteiger partial charge in [0.15, 0.2) is 0 Å². The van der Waals surface area contributed by atoms with Crippen molar-refractivity contribution in [3.05, 3.63) is 23.3 Å². The lowest BCUT2D eigenvalue weighted by molar-refractivity contribution is -0.134. The molecule has 2 aliphatic rings. The summed E-state index contributed by atoms with van der Waals surface area (Å²) >= 11 is 0. The Labute approximate surface area is 89.7 Å². The number of rotatable bonds is 1. The summed E-state index contributed by atoms with van der Waals surface area (Å²) in [5.41, 5.74) is 7.43. The minimum Gasteiger partial charge on any atom is -0.478 e. The average Bonchev–Trinajstić information content (AvgIpc) is 2.48. The van der Waals surface area contributed by atoms with E-state index in [2.05, 4.69) is 0 Å². The molecule has 0 aromatic rings. The number of carbonyl (C=O) groups is 1. The third kappa shape index (κ3) is 1.42. The molecule has 1 unspecified atom stereocenters. The van der Waals surface area contributed by atoms with Crippen LogP contribution in [0.5, 0.6) is 0 Å². The van der Waals surface area contributed by atoms with E-state index in [9.17, 15) is 4.79 Å². The van der Waals surface area contributed by atoms with Crippen LogP contribution in [0.3, 0.4) is 0 Å². The quantitative estimate of drug-likeness (QED) is 0.688. The maximum Gasteiger partial charge on any atom is 0.332 e. The standard InChI is InChI=1S/C12H17NO2/c1-12(2)8-5-6-10(13)7(8)3-4-9(12)11(14)15/h3-4,8,10H,5-6,13H2,1-2H3,(H,14,15)/t8?,10-/m0/s1. The lowest BCUT2D eigenvalue weighted by Crippen LogP contribution is -2.33. The van der Waals surface area contributed by atoms with E-state index in [1.807, 2.05) is 19.9 Å². The number of carboxylic acids is 1. The van der Waals surface area contributed by atoms with Crippen molar-refractivity contribution in [3.63, 3.8) is 0 Å². The molecule has 2 rings (SSSR count). The van der Waals surface area contributed by atoms with Crippen molar-refractivity contribution in [1.29, 1.82) is 0 Å². The molecule has 0 spiro atoms. The fourth-order valence-electron chi connectivity index (χ4n) is 2.88. The summed E-state index contributed by atoms with van der Waals surface area (Å²) < 4.78 is 0. The van der Waals surface area contributed by atoms with E-state index in [-0.39, 0.29) is 11.5 Å². The minimum absolute atomic E-state index is 0.126. The molecule has 2 atom stereocenters. The largest absolute Gasteiger partial charge is 0.478 e. The molecule has 3 heteroatoms. The highest BCUT2D eigenvalue weighted by atomic mass is 16.4. The highest BCUT2D eigenvalue weighted by Crippen LogP contribution is 2.49. The Morgan fingerprint density at radius 2 is 2.13 bits per heavy atom. The van der Waals surface area contributed by atoms with Gasteiger partial charge in [-0.2, -0.15) is 0 Å². The van der Waals surface area contributed by atoms with Gasteiger partial charge in [-0.3, -0.25) is 0 Å². The van der Waals surface area contributed by atoms with E-state index in [4.69, 9.17) is 10.8 Å². The van der Waals surface area contributed by atoms with Crippen molar-refractivity contribution >= 4 is 5.97 Å². The lowest BCUT2D eigenvalue weighted by Gasteiger charge is -2.36. The second-order valence-corrected chi connectivity index (χ2v) is 5.01. The van der Waals surface area contributed by atoms with E-state index in [0.717, 1.165) is 12.8 Å². The molecule has 0 aliphatic heterocycles. The number of nitrogens with two attached hydrogens (primary N) is 1. The van der Waals surface area contributed by atoms with Crippen LogP contribution in [0.25, 0.3) is 0 Å². The maximum atomic E-state index is 11.1. The van der Waals surface area contributed by atoms with Gasteiger partial charge in [-0.15, -0.1) is 0 Å². The molecule has 0 aromatic carbocycles. The third-order valence-corrected chi connectivity index (χ3v) is 3.84. The highest BCUT2D eigenvalue weighted by molar-refractivity contribution is 5.89. The molecule has 82 valence electrons. The van der Waals surface area contributed by atoms with E-state index < -0.39 is 5.97 Å². The van der Waals surface area contributed by atoms with Gasteiger partial charge in [0.2, 0.25) is 0 Å². The Morgan fingerprint density at radius 3 is 2.73 bits per heavy atom. The van der Waals surface area contributed by atoms with Crippen LogP contribution in [0.1, 0.15) is 26.7 Å². The molecule has 0 radical (unpaired) electrons. The Morgan fingerprint density at radius 1 is 1.47 bits per heavy atom. The van der Waals surface area contributed by atoms with Crippen LogP contribution < -0.4 is 5.73 Å². The SMILES string of the molecule is CC1(C)C(C(=O)O)=CC=C2C1CC[C@@H]2N. The molecule has 3 N–H and O–H groups in total. The van der Waals surface area contributed by atoms with Crippen LogP contribution in [-0.2, 0) is 4.79 Å². The fraction of sp³-hybridized carbons (Fsp3) is 0.583. The molecule has 2 aliphatic carbocycles. The third-order valence-electron chi connectivity index (χ3n) is 3.84. The van der Waals surface area contributed by atoms with Crippen molar-refractivity contribution in [1.82, 2.24) is 0 Å². The topological polar surface area (TPSA) is 63.3 Å². The number of hydrogen-bond acceptors (Lipinski definition) is 2. The first-order valence-electron chi connectivity index (χ1n) is 5.35. The van der Waals surface area contributed by atoms with E-state index >= 15 is 0 Å². The van der Waals surface area contributed by atoms with E-state index in [1.54, 1.807) is 6.08 Å². The smallest absolute Gasteiger partial charge is 0.332 e. The molecule has 1 fully saturated rings. The average molecular weight is 207 g/mol. The van der Waals surface area contributed by atoms with Gasteiger partial charge in [0, 0.05) is 17.0 Å². The van der Waals surface area contributed by atoms with Crippen LogP contribution in [0.15, 0.2) is 23.3 Å². The van der Waals surface area contributed by atoms with Crippen LogP contribution in [0.4, 0.5) is 0 Å². The summed E-state index contributed by atoms with van der Waals surface area (Å²) in [5.74, 6) is -0.501. The van der Waals surface area contributed by atoms with Gasteiger partial charge in [0.25, 0.3) is 0 Å². The zero-order chi connectivity index (χ0) is 11.2. The summed E-state index contributed by atoms with van der Waals surface area (Å²) in [4.78, 5) is 11.1. The molecular formula is C12H17NO2. The predicted octanol–water partition coefficient (Wildman–Crippen LogP) is 1.70. The van der Waals surface area contributed by atoms with Crippen LogP contribution in [0.2, 0.25) is 0 Å². The zero-order valence-corrected chi connectivity index (χ0v) is 9.16. The maximum absolute atomic E-state index is 11.1. The molecular weight excluding hydrogens is 190 g/mol. The van der Waals surface area contributed by atoms with Crippen LogP contribution in [-0.4, -0.2) is 17.1 Å². The second-order valence-electron chi connectivity index (χ2n) is 5.01. The molecule has 1 saturated carbocycles. The van der Waals surface area contributed by atoms with Gasteiger partial charge in [-0.05, 0) is 24.3 Å². The first-order valence-corrected chi connectivity index (χ1v) is 5.35. The van der Waals surface area contributed by atoms with Gasteiger partial charge in [-0.1, -0.05) is 26.0 Å². The van der Waals surface area contributed by atoms with Crippen molar-refractivity contribution in [2.24, 2.45) is 17.1 Å². The molecule has 0 saturated heterocycles. The van der Waals surface area contributed by atoms with Crippen molar-refractivity contribution in [2.75, 3.05) is 0 Å². The monoisotopic (exact) mass is 207 g/mol. The number of allylic oxidation sites excluding steroid dienone is 2. The van der Waals surface area contributed by atoms with Gasteiger partial charge in [-0.25, -0.2) is 4.79 Å². The number of aliphatic carboxylic acids is 1. The Hall–Kier alpha value is -1.09. The Balaban J connectivity index is 2.44. The van der Waals surface area contributed by atoms with Crippen molar-refractivity contribution in [2.45, 2.75) is 32.7 Å². The van der Waals surface area contributed by atoms with Crippen molar-refractivity contribution in [3.8, 4) is 0 Å². The summed E-state index contributed by atoms with van der Waals surface area (Å²) in [6.45, 7) is 4.01. The first kappa shape index (κ1) is 10.4. The molecule has 15 heavy (non-hydrogen) atoms. The molecule has 0 aromatic heterocycles. The Kier molecular flexibility index (Phi) is 2.23. The van der Waals surface area contributed by atoms with Gasteiger partial charge in [0.1, 0.15) is 0 Å². The molecule has 3 nitrogen and oxygen atoms in total. The zero-order valence-electron chi connectivity index (χ0n) is 9.16. The number of carboxylic acid groups (broad SMARTS) is 1. The fourth-order valence-corrected chi connectivity index (χ4v) is 2.88. The number of hydrogen-bond donors (Lipinski definition) is 2. The highest BCUT2D eigenvalue weighted by Gasteiger charge is 2.44. The van der Waals surface area contributed by atoms with Crippen molar-refractivity contribution < 1.29 is 9.90 Å². The summed E-state index contributed by atoms with van der Waals surface area (Å²) in [6, 6.07) is 0.126. The van der Waals surface area contributed by atoms with Gasteiger partial charge < -0.3 is 10.8 Å². The van der Waals surface area contributed by atoms with Gasteiger partial charge >= 0.3 is 5.97 Å². The molecule has 0 amide bonds. The lowest BCUT2D eigenvalue weighted by atomic mass is 9.67. The summed E-state index contributed by atoms with van der Waals surface area (Å²) in [6.07, 6.45) is 5.61. The predicted molar refractivity (Wildman–Crippen MR) is 58.3 cm³/mol. The Bertz CT molecular complexity index is 366. The molecule has 0 bridgehead atoms.